The Balaban J connectivity index is 2.65. The second-order valence-corrected chi connectivity index (χ2v) is 3.86. The lowest BCUT2D eigenvalue weighted by Gasteiger charge is -2.40. The summed E-state index contributed by atoms with van der Waals surface area (Å²) >= 11 is 0. The molecular formula is C9H18O3. The lowest BCUT2D eigenvalue weighted by atomic mass is 9.73. The van der Waals surface area contributed by atoms with Gasteiger partial charge in [-0.1, -0.05) is 19.8 Å². The van der Waals surface area contributed by atoms with Crippen LogP contribution in [0.25, 0.3) is 0 Å². The summed E-state index contributed by atoms with van der Waals surface area (Å²) < 4.78 is 4.86. The molecule has 3 heteroatoms. The highest BCUT2D eigenvalue weighted by Gasteiger charge is 2.41. The lowest BCUT2D eigenvalue weighted by Crippen LogP contribution is -2.45. The van der Waals surface area contributed by atoms with Crippen molar-refractivity contribution in [2.75, 3.05) is 7.11 Å². The summed E-state index contributed by atoms with van der Waals surface area (Å²) in [6, 6.07) is 0. The predicted molar refractivity (Wildman–Crippen MR) is 45.6 cm³/mol. The standard InChI is InChI=1S/C9H18O3/c1-9(8(11)12-2)6-4-3-5-7(9)10/h7-8,10-11H,3-6H2,1-2H3. The number of methoxy groups -OCH3 is 1. The molecule has 1 aliphatic carbocycles. The van der Waals surface area contributed by atoms with Crippen molar-refractivity contribution in [2.45, 2.75) is 45.0 Å². The van der Waals surface area contributed by atoms with Crippen molar-refractivity contribution in [1.29, 1.82) is 0 Å². The van der Waals surface area contributed by atoms with Crippen LogP contribution in [0.5, 0.6) is 0 Å². The Kier molecular flexibility index (Phi) is 3.09. The molecule has 1 saturated carbocycles. The van der Waals surface area contributed by atoms with Crippen molar-refractivity contribution in [3.63, 3.8) is 0 Å². The molecule has 0 aromatic heterocycles. The monoisotopic (exact) mass is 174 g/mol. The Morgan fingerprint density at radius 2 is 2.17 bits per heavy atom. The maximum atomic E-state index is 9.69. The van der Waals surface area contributed by atoms with Crippen molar-refractivity contribution in [2.24, 2.45) is 5.41 Å². The third kappa shape index (κ3) is 1.63. The first-order chi connectivity index (χ1) is 5.61. The van der Waals surface area contributed by atoms with Crippen LogP contribution in [0.15, 0.2) is 0 Å². The van der Waals surface area contributed by atoms with Crippen LogP contribution >= 0.6 is 0 Å². The fourth-order valence-corrected chi connectivity index (χ4v) is 1.90. The summed E-state index contributed by atoms with van der Waals surface area (Å²) in [6.45, 7) is 1.88. The highest BCUT2D eigenvalue weighted by Crippen LogP contribution is 2.39. The Morgan fingerprint density at radius 3 is 2.67 bits per heavy atom. The fourth-order valence-electron chi connectivity index (χ4n) is 1.90. The molecule has 12 heavy (non-hydrogen) atoms. The SMILES string of the molecule is COC(O)C1(C)CCCCC1O. The van der Waals surface area contributed by atoms with E-state index in [1.54, 1.807) is 0 Å². The summed E-state index contributed by atoms with van der Waals surface area (Å²) in [5.41, 5.74) is -0.465. The van der Waals surface area contributed by atoms with Gasteiger partial charge in [0.2, 0.25) is 0 Å². The summed E-state index contributed by atoms with van der Waals surface area (Å²) in [6.07, 6.45) is 2.45. The van der Waals surface area contributed by atoms with Gasteiger partial charge in [-0.15, -0.1) is 0 Å². The zero-order valence-electron chi connectivity index (χ0n) is 7.79. The molecule has 1 rings (SSSR count). The molecule has 0 radical (unpaired) electrons. The molecular weight excluding hydrogens is 156 g/mol. The molecule has 72 valence electrons. The largest absolute Gasteiger partial charge is 0.392 e. The fraction of sp³-hybridized carbons (Fsp3) is 1.00. The third-order valence-corrected chi connectivity index (χ3v) is 2.99. The highest BCUT2D eigenvalue weighted by atomic mass is 16.6. The van der Waals surface area contributed by atoms with Crippen molar-refractivity contribution < 1.29 is 14.9 Å². The number of hydrogen-bond acceptors (Lipinski definition) is 3. The van der Waals surface area contributed by atoms with Gasteiger partial charge in [-0.25, -0.2) is 0 Å². The third-order valence-electron chi connectivity index (χ3n) is 2.99. The van der Waals surface area contributed by atoms with Crippen LogP contribution in [-0.2, 0) is 4.74 Å². The molecule has 0 aromatic rings. The first kappa shape index (κ1) is 9.96. The molecule has 0 amide bonds. The molecule has 0 heterocycles. The zero-order chi connectivity index (χ0) is 9.19. The minimum atomic E-state index is -0.840. The second kappa shape index (κ2) is 3.73. The smallest absolute Gasteiger partial charge is 0.161 e. The molecule has 0 spiro atoms. The van der Waals surface area contributed by atoms with E-state index in [1.807, 2.05) is 6.92 Å². The van der Waals surface area contributed by atoms with Crippen LogP contribution in [-0.4, -0.2) is 29.7 Å². The molecule has 0 saturated heterocycles. The number of aliphatic hydroxyl groups excluding tert-OH is 2. The highest BCUT2D eigenvalue weighted by molar-refractivity contribution is 4.88. The number of aliphatic hydroxyl groups is 2. The lowest BCUT2D eigenvalue weighted by molar-refractivity contribution is -0.198. The first-order valence-corrected chi connectivity index (χ1v) is 4.50. The van der Waals surface area contributed by atoms with Gasteiger partial charge in [0.25, 0.3) is 0 Å². The molecule has 2 N–H and O–H groups in total. The second-order valence-electron chi connectivity index (χ2n) is 3.86. The molecule has 3 atom stereocenters. The van der Waals surface area contributed by atoms with E-state index >= 15 is 0 Å². The van der Waals surface area contributed by atoms with E-state index in [1.165, 1.54) is 7.11 Å². The Labute approximate surface area is 73.4 Å². The normalized spacial score (nSPS) is 39.5. The maximum Gasteiger partial charge on any atom is 0.161 e. The average molecular weight is 174 g/mol. The van der Waals surface area contributed by atoms with Crippen molar-refractivity contribution >= 4 is 0 Å². The summed E-state index contributed by atoms with van der Waals surface area (Å²) in [5.74, 6) is 0. The Morgan fingerprint density at radius 1 is 1.50 bits per heavy atom. The van der Waals surface area contributed by atoms with Gasteiger partial charge in [0.15, 0.2) is 6.29 Å². The Hall–Kier alpha value is -0.120. The van der Waals surface area contributed by atoms with E-state index in [-0.39, 0.29) is 0 Å². The van der Waals surface area contributed by atoms with E-state index in [0.717, 1.165) is 25.7 Å². The molecule has 3 nitrogen and oxygen atoms in total. The maximum absolute atomic E-state index is 9.69. The summed E-state index contributed by atoms with van der Waals surface area (Å²) in [4.78, 5) is 0. The van der Waals surface area contributed by atoms with E-state index in [2.05, 4.69) is 0 Å². The van der Waals surface area contributed by atoms with Gasteiger partial charge in [0, 0.05) is 12.5 Å². The van der Waals surface area contributed by atoms with E-state index in [4.69, 9.17) is 4.74 Å². The van der Waals surface area contributed by atoms with E-state index in [0.29, 0.717) is 0 Å². The Bertz CT molecular complexity index is 143. The minimum absolute atomic E-state index is 0.429. The average Bonchev–Trinajstić information content (AvgIpc) is 2.09. The minimum Gasteiger partial charge on any atom is -0.392 e. The van der Waals surface area contributed by atoms with E-state index in [9.17, 15) is 10.2 Å². The summed E-state index contributed by atoms with van der Waals surface area (Å²) in [7, 11) is 1.47. The first-order valence-electron chi connectivity index (χ1n) is 4.50. The number of ether oxygens (including phenoxy) is 1. The van der Waals surface area contributed by atoms with Crippen LogP contribution in [0.4, 0.5) is 0 Å². The van der Waals surface area contributed by atoms with Crippen molar-refractivity contribution in [3.8, 4) is 0 Å². The van der Waals surface area contributed by atoms with Gasteiger partial charge in [-0.3, -0.25) is 0 Å². The van der Waals surface area contributed by atoms with Gasteiger partial charge >= 0.3 is 0 Å². The summed E-state index contributed by atoms with van der Waals surface area (Å²) in [5, 5.41) is 19.2. The van der Waals surface area contributed by atoms with Gasteiger partial charge in [0.1, 0.15) is 0 Å². The number of rotatable bonds is 2. The van der Waals surface area contributed by atoms with Gasteiger partial charge in [0.05, 0.1) is 6.10 Å². The van der Waals surface area contributed by atoms with Gasteiger partial charge < -0.3 is 14.9 Å². The van der Waals surface area contributed by atoms with Crippen LogP contribution in [0, 0.1) is 5.41 Å². The van der Waals surface area contributed by atoms with Crippen molar-refractivity contribution in [1.82, 2.24) is 0 Å². The predicted octanol–water partition coefficient (Wildman–Crippen LogP) is 0.892. The topological polar surface area (TPSA) is 49.7 Å². The van der Waals surface area contributed by atoms with Crippen molar-refractivity contribution in [3.05, 3.63) is 0 Å². The van der Waals surface area contributed by atoms with Gasteiger partial charge in [-0.2, -0.15) is 0 Å². The number of hydrogen-bond donors (Lipinski definition) is 2. The van der Waals surface area contributed by atoms with E-state index < -0.39 is 17.8 Å². The zero-order valence-corrected chi connectivity index (χ0v) is 7.79. The molecule has 0 aromatic carbocycles. The molecule has 1 fully saturated rings. The molecule has 0 aliphatic heterocycles. The molecule has 0 bridgehead atoms. The van der Waals surface area contributed by atoms with Gasteiger partial charge in [-0.05, 0) is 12.8 Å². The van der Waals surface area contributed by atoms with Crippen LogP contribution in [0.2, 0.25) is 0 Å². The molecule has 3 unspecified atom stereocenters. The molecule has 1 aliphatic rings. The van der Waals surface area contributed by atoms with Crippen LogP contribution in [0.1, 0.15) is 32.6 Å². The quantitative estimate of drug-likeness (QED) is 0.611. The van der Waals surface area contributed by atoms with Crippen LogP contribution < -0.4 is 0 Å². The van der Waals surface area contributed by atoms with Crippen LogP contribution in [0.3, 0.4) is 0 Å².